The van der Waals surface area contributed by atoms with E-state index in [-0.39, 0.29) is 12.0 Å². The van der Waals surface area contributed by atoms with Crippen molar-refractivity contribution < 1.29 is 9.53 Å². The Morgan fingerprint density at radius 2 is 1.90 bits per heavy atom. The van der Waals surface area contributed by atoms with Gasteiger partial charge in [-0.2, -0.15) is 0 Å². The number of benzene rings is 1. The Hall–Kier alpha value is -2.66. The molecule has 3 aromatic rings. The molecule has 0 saturated carbocycles. The summed E-state index contributed by atoms with van der Waals surface area (Å²) in [5.41, 5.74) is 6.05. The molecule has 1 amide bonds. The molecule has 0 N–H and O–H groups in total. The predicted molar refractivity (Wildman–Crippen MR) is 117 cm³/mol. The number of carbonyl (C=O) groups excluding carboxylic acids is 1. The number of nitrogens with zero attached hydrogens (tertiary/aromatic N) is 3. The lowest BCUT2D eigenvalue weighted by Crippen LogP contribution is -2.44. The summed E-state index contributed by atoms with van der Waals surface area (Å²) in [6, 6.07) is 13.2. The van der Waals surface area contributed by atoms with E-state index in [0.29, 0.717) is 5.92 Å². The second-order valence-corrected chi connectivity index (χ2v) is 8.66. The number of imidazole rings is 1. The molecule has 4 heterocycles. The summed E-state index contributed by atoms with van der Waals surface area (Å²) in [5, 5.41) is 0. The molecule has 2 fully saturated rings. The van der Waals surface area contributed by atoms with E-state index in [9.17, 15) is 4.79 Å². The second-order valence-electron chi connectivity index (χ2n) is 8.66. The summed E-state index contributed by atoms with van der Waals surface area (Å²) in [7, 11) is 0. The number of carbonyl (C=O) groups is 1. The van der Waals surface area contributed by atoms with E-state index in [4.69, 9.17) is 4.74 Å². The number of hydrogen-bond acceptors (Lipinski definition) is 3. The maximum absolute atomic E-state index is 12.5. The highest BCUT2D eigenvalue weighted by Gasteiger charge is 2.30. The highest BCUT2D eigenvalue weighted by Crippen LogP contribution is 2.27. The molecule has 30 heavy (non-hydrogen) atoms. The van der Waals surface area contributed by atoms with Crippen molar-refractivity contribution in [3.8, 4) is 11.1 Å². The van der Waals surface area contributed by atoms with Crippen LogP contribution in [0.1, 0.15) is 36.9 Å². The van der Waals surface area contributed by atoms with Gasteiger partial charge in [0.25, 0.3) is 5.91 Å². The largest absolute Gasteiger partial charge is 0.368 e. The highest BCUT2D eigenvalue weighted by molar-refractivity contribution is 5.81. The fraction of sp³-hybridized carbons (Fsp3) is 0.440. The zero-order chi connectivity index (χ0) is 20.5. The third-order valence-electron chi connectivity index (χ3n) is 6.74. The van der Waals surface area contributed by atoms with Crippen molar-refractivity contribution in [1.82, 2.24) is 14.3 Å². The van der Waals surface area contributed by atoms with Crippen molar-refractivity contribution in [1.29, 1.82) is 0 Å². The first-order chi connectivity index (χ1) is 14.7. The van der Waals surface area contributed by atoms with Crippen LogP contribution in [-0.2, 0) is 16.0 Å². The van der Waals surface area contributed by atoms with Crippen LogP contribution in [0.5, 0.6) is 0 Å². The average Bonchev–Trinajstić information content (AvgIpc) is 3.47. The maximum Gasteiger partial charge on any atom is 0.251 e. The van der Waals surface area contributed by atoms with E-state index in [2.05, 4.69) is 52.7 Å². The van der Waals surface area contributed by atoms with Gasteiger partial charge in [0.05, 0.1) is 0 Å². The number of ether oxygens (including phenoxy) is 1. The first-order valence-corrected chi connectivity index (χ1v) is 11.1. The maximum atomic E-state index is 12.5. The number of aryl methyl sites for hydroxylation is 1. The van der Waals surface area contributed by atoms with Crippen LogP contribution in [0.4, 0.5) is 0 Å². The van der Waals surface area contributed by atoms with Crippen LogP contribution in [0.3, 0.4) is 0 Å². The van der Waals surface area contributed by atoms with Gasteiger partial charge in [-0.3, -0.25) is 4.79 Å². The number of piperidine rings is 1. The van der Waals surface area contributed by atoms with Crippen molar-refractivity contribution >= 4 is 11.6 Å². The molecule has 2 aliphatic rings. The minimum absolute atomic E-state index is 0.181. The normalized spacial score (nSPS) is 20.2. The summed E-state index contributed by atoms with van der Waals surface area (Å²) in [6.07, 6.45) is 8.82. The lowest BCUT2D eigenvalue weighted by molar-refractivity contribution is -0.142. The molecule has 5 nitrogen and oxygen atoms in total. The van der Waals surface area contributed by atoms with E-state index in [1.54, 1.807) is 0 Å². The Labute approximate surface area is 177 Å². The van der Waals surface area contributed by atoms with Gasteiger partial charge in [-0.15, -0.1) is 0 Å². The van der Waals surface area contributed by atoms with Crippen molar-refractivity contribution in [2.75, 3.05) is 19.7 Å². The molecule has 0 unspecified atom stereocenters. The fourth-order valence-corrected chi connectivity index (χ4v) is 4.92. The van der Waals surface area contributed by atoms with Gasteiger partial charge in [-0.25, -0.2) is 4.98 Å². The van der Waals surface area contributed by atoms with Crippen molar-refractivity contribution in [2.45, 2.75) is 45.1 Å². The van der Waals surface area contributed by atoms with Crippen LogP contribution in [0, 0.1) is 12.8 Å². The molecule has 2 aromatic heterocycles. The van der Waals surface area contributed by atoms with E-state index in [1.165, 1.54) is 22.4 Å². The first-order valence-electron chi connectivity index (χ1n) is 11.1. The number of amides is 1. The predicted octanol–water partition coefficient (Wildman–Crippen LogP) is 4.27. The average molecular weight is 404 g/mol. The molecule has 0 spiro atoms. The van der Waals surface area contributed by atoms with Gasteiger partial charge in [0, 0.05) is 43.3 Å². The smallest absolute Gasteiger partial charge is 0.251 e. The number of pyridine rings is 1. The van der Waals surface area contributed by atoms with Crippen LogP contribution < -0.4 is 0 Å². The Kier molecular flexibility index (Phi) is 5.30. The Balaban J connectivity index is 1.20. The standard InChI is InChI=1S/C25H29N3O2/c1-18-22(8-9-24-26-12-15-28(18)24)21-6-4-19(5-7-21)17-20-10-13-27(14-11-20)25(29)23-3-2-16-30-23/h4-9,12,15,20,23H,2-3,10-11,13-14,16-17H2,1H3/t23-/m1/s1. The molecule has 5 heteroatoms. The molecule has 156 valence electrons. The van der Waals surface area contributed by atoms with E-state index in [0.717, 1.165) is 57.4 Å². The molecular weight excluding hydrogens is 374 g/mol. The Morgan fingerprint density at radius 3 is 2.63 bits per heavy atom. The SMILES string of the molecule is Cc1c(-c2ccc(CC3CCN(C(=O)[C@H]4CCCO4)CC3)cc2)ccc2nccn12. The van der Waals surface area contributed by atoms with E-state index < -0.39 is 0 Å². The summed E-state index contributed by atoms with van der Waals surface area (Å²) in [4.78, 5) is 18.9. The summed E-state index contributed by atoms with van der Waals surface area (Å²) in [5.74, 6) is 0.856. The zero-order valence-electron chi connectivity index (χ0n) is 17.6. The number of likely N-dealkylation sites (tertiary alicyclic amines) is 1. The van der Waals surface area contributed by atoms with Gasteiger partial charge in [-0.1, -0.05) is 24.3 Å². The lowest BCUT2D eigenvalue weighted by atomic mass is 9.89. The van der Waals surface area contributed by atoms with E-state index >= 15 is 0 Å². The molecular formula is C25H29N3O2. The second kappa shape index (κ2) is 8.23. The van der Waals surface area contributed by atoms with Crippen molar-refractivity contribution in [3.63, 3.8) is 0 Å². The minimum atomic E-state index is -0.181. The minimum Gasteiger partial charge on any atom is -0.368 e. The number of hydrogen-bond donors (Lipinski definition) is 0. The van der Waals surface area contributed by atoms with Gasteiger partial charge in [0.2, 0.25) is 0 Å². The number of aromatic nitrogens is 2. The summed E-state index contributed by atoms with van der Waals surface area (Å²) >= 11 is 0. The van der Waals surface area contributed by atoms with Crippen molar-refractivity contribution in [2.24, 2.45) is 5.92 Å². The molecule has 5 rings (SSSR count). The quantitative estimate of drug-likeness (QED) is 0.654. The molecule has 0 radical (unpaired) electrons. The summed E-state index contributed by atoms with van der Waals surface area (Å²) in [6.45, 7) is 4.61. The van der Waals surface area contributed by atoms with Crippen LogP contribution in [0.2, 0.25) is 0 Å². The fourth-order valence-electron chi connectivity index (χ4n) is 4.92. The third kappa shape index (κ3) is 3.74. The zero-order valence-corrected chi connectivity index (χ0v) is 17.6. The molecule has 1 atom stereocenters. The van der Waals surface area contributed by atoms with Gasteiger partial charge >= 0.3 is 0 Å². The molecule has 1 aromatic carbocycles. The number of rotatable bonds is 4. The topological polar surface area (TPSA) is 46.8 Å². The van der Waals surface area contributed by atoms with Crippen LogP contribution in [-0.4, -0.2) is 46.0 Å². The lowest BCUT2D eigenvalue weighted by Gasteiger charge is -2.33. The van der Waals surface area contributed by atoms with Crippen LogP contribution >= 0.6 is 0 Å². The van der Waals surface area contributed by atoms with Crippen LogP contribution in [0.15, 0.2) is 48.8 Å². The summed E-state index contributed by atoms with van der Waals surface area (Å²) < 4.78 is 7.70. The Bertz CT molecular complexity index is 1030. The first kappa shape index (κ1) is 19.3. The molecule has 2 saturated heterocycles. The van der Waals surface area contributed by atoms with Gasteiger partial charge < -0.3 is 14.0 Å². The molecule has 2 aliphatic heterocycles. The van der Waals surface area contributed by atoms with Crippen LogP contribution in [0.25, 0.3) is 16.8 Å². The molecule has 0 aliphatic carbocycles. The van der Waals surface area contributed by atoms with Gasteiger partial charge in [-0.05, 0) is 68.2 Å². The van der Waals surface area contributed by atoms with E-state index in [1.807, 2.05) is 17.3 Å². The van der Waals surface area contributed by atoms with Crippen molar-refractivity contribution in [3.05, 3.63) is 60.0 Å². The molecule has 0 bridgehead atoms. The Morgan fingerprint density at radius 1 is 1.10 bits per heavy atom. The van der Waals surface area contributed by atoms with Gasteiger partial charge in [0.15, 0.2) is 0 Å². The van der Waals surface area contributed by atoms with Gasteiger partial charge in [0.1, 0.15) is 11.8 Å². The third-order valence-corrected chi connectivity index (χ3v) is 6.74. The highest BCUT2D eigenvalue weighted by atomic mass is 16.5. The monoisotopic (exact) mass is 403 g/mol. The number of fused-ring (bicyclic) bond motifs is 1.